The predicted molar refractivity (Wildman–Crippen MR) is 92.9 cm³/mol. The van der Waals surface area contributed by atoms with Gasteiger partial charge >= 0.3 is 0 Å². The third kappa shape index (κ3) is 8.99. The van der Waals surface area contributed by atoms with Crippen LogP contribution in [0.5, 0.6) is 0 Å². The highest BCUT2D eigenvalue weighted by atomic mass is 16.5. The first-order valence-electron chi connectivity index (χ1n) is 8.90. The van der Waals surface area contributed by atoms with Gasteiger partial charge in [-0.2, -0.15) is 0 Å². The van der Waals surface area contributed by atoms with Gasteiger partial charge in [-0.15, -0.1) is 0 Å². The Hall–Kier alpha value is -1.15. The molecular formula is C20H32O2. The van der Waals surface area contributed by atoms with E-state index < -0.39 is 0 Å². The summed E-state index contributed by atoms with van der Waals surface area (Å²) in [6.07, 6.45) is 10.9. The number of rotatable bonds is 13. The van der Waals surface area contributed by atoms with Crippen LogP contribution in [0.3, 0.4) is 0 Å². The molecule has 0 spiro atoms. The summed E-state index contributed by atoms with van der Waals surface area (Å²) in [4.78, 5) is 11.7. The molecule has 0 aromatic heterocycles. The van der Waals surface area contributed by atoms with Crippen molar-refractivity contribution in [3.8, 4) is 0 Å². The Bertz CT molecular complexity index is 386. The molecule has 124 valence electrons. The normalized spacial score (nSPS) is 12.3. The quantitative estimate of drug-likeness (QED) is 0.437. The fraction of sp³-hybridized carbons (Fsp3) is 0.650. The number of carbonyl (C=O) groups is 1. The van der Waals surface area contributed by atoms with Gasteiger partial charge in [-0.1, -0.05) is 88.6 Å². The topological polar surface area (TPSA) is 26.3 Å². The first-order chi connectivity index (χ1) is 10.7. The molecule has 0 N–H and O–H groups in total. The molecule has 1 atom stereocenters. The molecule has 22 heavy (non-hydrogen) atoms. The van der Waals surface area contributed by atoms with Gasteiger partial charge in [0.2, 0.25) is 0 Å². The number of carbonyl (C=O) groups excluding carboxylic acids is 1. The monoisotopic (exact) mass is 304 g/mol. The van der Waals surface area contributed by atoms with Crippen molar-refractivity contribution < 1.29 is 9.53 Å². The van der Waals surface area contributed by atoms with Crippen LogP contribution in [0.1, 0.15) is 77.2 Å². The Balaban J connectivity index is 2.12. The van der Waals surface area contributed by atoms with E-state index in [0.29, 0.717) is 6.61 Å². The molecule has 0 saturated heterocycles. The number of benzene rings is 1. The molecular weight excluding hydrogens is 272 g/mol. The zero-order chi connectivity index (χ0) is 16.0. The standard InChI is InChI=1S/C20H32O2/c1-3-4-5-6-7-8-9-13-16-20(18(2)21)22-17-19-14-11-10-12-15-19/h10-12,14-15,20H,3-9,13,16-17H2,1-2H3. The van der Waals surface area contributed by atoms with Crippen molar-refractivity contribution >= 4 is 5.78 Å². The molecule has 1 rings (SSSR count). The minimum atomic E-state index is -0.236. The summed E-state index contributed by atoms with van der Waals surface area (Å²) in [7, 11) is 0. The summed E-state index contributed by atoms with van der Waals surface area (Å²) in [5, 5.41) is 0. The Kier molecular flexibility index (Phi) is 10.7. The molecule has 2 heteroatoms. The summed E-state index contributed by atoms with van der Waals surface area (Å²) < 4.78 is 5.80. The lowest BCUT2D eigenvalue weighted by Gasteiger charge is -2.15. The van der Waals surface area contributed by atoms with Gasteiger partial charge in [-0.05, 0) is 18.9 Å². The number of hydrogen-bond acceptors (Lipinski definition) is 2. The molecule has 0 aliphatic rings. The molecule has 0 heterocycles. The maximum Gasteiger partial charge on any atom is 0.158 e. The van der Waals surface area contributed by atoms with Crippen LogP contribution in [0.15, 0.2) is 30.3 Å². The van der Waals surface area contributed by atoms with Crippen molar-refractivity contribution in [2.24, 2.45) is 0 Å². The average Bonchev–Trinajstić information content (AvgIpc) is 2.53. The van der Waals surface area contributed by atoms with Crippen molar-refractivity contribution in [2.75, 3.05) is 0 Å². The van der Waals surface area contributed by atoms with Crippen LogP contribution in [0.2, 0.25) is 0 Å². The van der Waals surface area contributed by atoms with Crippen LogP contribution >= 0.6 is 0 Å². The van der Waals surface area contributed by atoms with Gasteiger partial charge in [0.15, 0.2) is 5.78 Å². The van der Waals surface area contributed by atoms with Gasteiger partial charge < -0.3 is 4.74 Å². The molecule has 2 nitrogen and oxygen atoms in total. The van der Waals surface area contributed by atoms with E-state index in [-0.39, 0.29) is 11.9 Å². The van der Waals surface area contributed by atoms with E-state index in [1.54, 1.807) is 6.92 Å². The van der Waals surface area contributed by atoms with Crippen molar-refractivity contribution in [1.82, 2.24) is 0 Å². The van der Waals surface area contributed by atoms with Gasteiger partial charge in [0.1, 0.15) is 6.10 Å². The smallest absolute Gasteiger partial charge is 0.158 e. The van der Waals surface area contributed by atoms with Crippen LogP contribution < -0.4 is 0 Å². The van der Waals surface area contributed by atoms with Crippen LogP contribution in [0.4, 0.5) is 0 Å². The van der Waals surface area contributed by atoms with Gasteiger partial charge in [0.05, 0.1) is 6.61 Å². The van der Waals surface area contributed by atoms with Crippen molar-refractivity contribution in [3.05, 3.63) is 35.9 Å². The van der Waals surface area contributed by atoms with E-state index in [1.807, 2.05) is 30.3 Å². The van der Waals surface area contributed by atoms with Crippen LogP contribution in [-0.2, 0) is 16.1 Å². The summed E-state index contributed by atoms with van der Waals surface area (Å²) in [6.45, 7) is 4.42. The second-order valence-electron chi connectivity index (χ2n) is 6.16. The molecule has 1 unspecified atom stereocenters. The second kappa shape index (κ2) is 12.4. The SMILES string of the molecule is CCCCCCCCCCC(OCc1ccccc1)C(C)=O. The molecule has 0 saturated carbocycles. The largest absolute Gasteiger partial charge is 0.366 e. The molecule has 0 fully saturated rings. The maximum atomic E-state index is 11.7. The zero-order valence-electron chi connectivity index (χ0n) is 14.4. The number of unbranched alkanes of at least 4 members (excludes halogenated alkanes) is 7. The minimum Gasteiger partial charge on any atom is -0.366 e. The first-order valence-corrected chi connectivity index (χ1v) is 8.90. The summed E-state index contributed by atoms with van der Waals surface area (Å²) >= 11 is 0. The number of ketones is 1. The number of ether oxygens (including phenoxy) is 1. The molecule has 0 aliphatic heterocycles. The van der Waals surface area contributed by atoms with Gasteiger partial charge in [-0.25, -0.2) is 0 Å². The van der Waals surface area contributed by atoms with Crippen molar-refractivity contribution in [1.29, 1.82) is 0 Å². The van der Waals surface area contributed by atoms with Crippen molar-refractivity contribution in [2.45, 2.75) is 84.3 Å². The second-order valence-corrected chi connectivity index (χ2v) is 6.16. The maximum absolute atomic E-state index is 11.7. The lowest BCUT2D eigenvalue weighted by molar-refractivity contribution is -0.129. The highest BCUT2D eigenvalue weighted by molar-refractivity contribution is 5.80. The molecule has 1 aromatic rings. The molecule has 0 amide bonds. The lowest BCUT2D eigenvalue weighted by atomic mass is 10.0. The van der Waals surface area contributed by atoms with Gasteiger partial charge in [0.25, 0.3) is 0 Å². The van der Waals surface area contributed by atoms with E-state index in [9.17, 15) is 4.79 Å². The van der Waals surface area contributed by atoms with Gasteiger partial charge in [-0.3, -0.25) is 4.79 Å². The van der Waals surface area contributed by atoms with E-state index in [1.165, 1.54) is 44.9 Å². The number of hydrogen-bond donors (Lipinski definition) is 0. The Morgan fingerprint density at radius 1 is 0.955 bits per heavy atom. The fourth-order valence-electron chi connectivity index (χ4n) is 2.64. The zero-order valence-corrected chi connectivity index (χ0v) is 14.4. The van der Waals surface area contributed by atoms with E-state index in [0.717, 1.165) is 18.4 Å². The minimum absolute atomic E-state index is 0.152. The molecule has 0 bridgehead atoms. The van der Waals surface area contributed by atoms with Crippen LogP contribution in [-0.4, -0.2) is 11.9 Å². The lowest BCUT2D eigenvalue weighted by Crippen LogP contribution is -2.21. The molecule has 1 aromatic carbocycles. The molecule has 0 radical (unpaired) electrons. The Morgan fingerprint density at radius 3 is 2.14 bits per heavy atom. The third-order valence-corrected chi connectivity index (χ3v) is 4.07. The number of Topliss-reactive ketones (excluding diaryl/α,β-unsaturated/α-hetero) is 1. The summed E-state index contributed by atoms with van der Waals surface area (Å²) in [5.41, 5.74) is 1.13. The fourth-order valence-corrected chi connectivity index (χ4v) is 2.64. The highest BCUT2D eigenvalue weighted by Gasteiger charge is 2.14. The first kappa shape index (κ1) is 18.9. The average molecular weight is 304 g/mol. The third-order valence-electron chi connectivity index (χ3n) is 4.07. The highest BCUT2D eigenvalue weighted by Crippen LogP contribution is 2.14. The summed E-state index contributed by atoms with van der Waals surface area (Å²) in [5.74, 6) is 0.152. The Morgan fingerprint density at radius 2 is 1.55 bits per heavy atom. The molecule has 0 aliphatic carbocycles. The van der Waals surface area contributed by atoms with E-state index >= 15 is 0 Å². The van der Waals surface area contributed by atoms with Crippen molar-refractivity contribution in [3.63, 3.8) is 0 Å². The van der Waals surface area contributed by atoms with E-state index in [4.69, 9.17) is 4.74 Å². The predicted octanol–water partition coefficient (Wildman–Crippen LogP) is 5.69. The van der Waals surface area contributed by atoms with Crippen LogP contribution in [0.25, 0.3) is 0 Å². The van der Waals surface area contributed by atoms with Crippen LogP contribution in [0, 0.1) is 0 Å². The Labute approximate surface area is 136 Å². The van der Waals surface area contributed by atoms with E-state index in [2.05, 4.69) is 6.92 Å². The summed E-state index contributed by atoms with van der Waals surface area (Å²) in [6, 6.07) is 10.1. The van der Waals surface area contributed by atoms with Gasteiger partial charge in [0, 0.05) is 0 Å².